The zero-order valence-corrected chi connectivity index (χ0v) is 9.82. The first kappa shape index (κ1) is 12.5. The van der Waals surface area contributed by atoms with Gasteiger partial charge in [-0.2, -0.15) is 0 Å². The van der Waals surface area contributed by atoms with Crippen LogP contribution in [0.15, 0.2) is 0 Å². The van der Waals surface area contributed by atoms with Crippen molar-refractivity contribution in [2.45, 2.75) is 38.8 Å². The van der Waals surface area contributed by atoms with Gasteiger partial charge in [-0.1, -0.05) is 13.8 Å². The molecule has 4 atom stereocenters. The van der Waals surface area contributed by atoms with E-state index < -0.39 is 6.04 Å². The van der Waals surface area contributed by atoms with Crippen molar-refractivity contribution in [3.8, 4) is 0 Å². The summed E-state index contributed by atoms with van der Waals surface area (Å²) in [7, 11) is 1.55. The molecule has 1 aliphatic rings. The highest BCUT2D eigenvalue weighted by molar-refractivity contribution is 5.81. The quantitative estimate of drug-likeness (QED) is 0.716. The summed E-state index contributed by atoms with van der Waals surface area (Å²) >= 11 is 0. The van der Waals surface area contributed by atoms with Gasteiger partial charge in [-0.15, -0.1) is 0 Å². The van der Waals surface area contributed by atoms with Gasteiger partial charge in [0.25, 0.3) is 0 Å². The molecule has 0 radical (unpaired) electrons. The summed E-state index contributed by atoms with van der Waals surface area (Å²) in [6.45, 7) is 4.69. The highest BCUT2D eigenvalue weighted by atomic mass is 16.5. The zero-order chi connectivity index (χ0) is 11.4. The second-order valence-corrected chi connectivity index (χ2v) is 4.59. The lowest BCUT2D eigenvalue weighted by Crippen LogP contribution is -2.48. The number of nitrogens with two attached hydrogens (primary N) is 1. The van der Waals surface area contributed by atoms with Crippen LogP contribution in [0, 0.1) is 11.8 Å². The van der Waals surface area contributed by atoms with E-state index in [4.69, 9.17) is 10.5 Å². The molecule has 4 heteroatoms. The summed E-state index contributed by atoms with van der Waals surface area (Å²) in [4.78, 5) is 11.6. The van der Waals surface area contributed by atoms with Gasteiger partial charge in [0.05, 0.1) is 6.61 Å². The molecule has 0 aromatic heterocycles. The molecule has 0 spiro atoms. The van der Waals surface area contributed by atoms with Crippen molar-refractivity contribution in [3.63, 3.8) is 0 Å². The number of methoxy groups -OCH3 is 1. The van der Waals surface area contributed by atoms with Crippen LogP contribution in [0.4, 0.5) is 0 Å². The Morgan fingerprint density at radius 2 is 2.20 bits per heavy atom. The van der Waals surface area contributed by atoms with E-state index in [9.17, 15) is 4.79 Å². The molecule has 1 aliphatic carbocycles. The fourth-order valence-electron chi connectivity index (χ4n) is 2.11. The Kier molecular flexibility index (Phi) is 4.54. The van der Waals surface area contributed by atoms with E-state index in [0.29, 0.717) is 11.8 Å². The predicted molar refractivity (Wildman–Crippen MR) is 59.3 cm³/mol. The van der Waals surface area contributed by atoms with Crippen LogP contribution in [-0.2, 0) is 9.53 Å². The first-order valence-electron chi connectivity index (χ1n) is 5.61. The topological polar surface area (TPSA) is 64.3 Å². The van der Waals surface area contributed by atoms with Crippen LogP contribution in [0.2, 0.25) is 0 Å². The van der Waals surface area contributed by atoms with E-state index in [2.05, 4.69) is 19.2 Å². The predicted octanol–water partition coefficient (Wildman–Crippen LogP) is 0.511. The fraction of sp³-hybridized carbons (Fsp3) is 0.909. The van der Waals surface area contributed by atoms with Gasteiger partial charge in [0.2, 0.25) is 5.91 Å². The third kappa shape index (κ3) is 3.18. The minimum Gasteiger partial charge on any atom is -0.383 e. The number of hydrogen-bond donors (Lipinski definition) is 2. The summed E-state index contributed by atoms with van der Waals surface area (Å²) in [5, 5.41) is 3.00. The number of hydrogen-bond acceptors (Lipinski definition) is 3. The molecular weight excluding hydrogens is 192 g/mol. The summed E-state index contributed by atoms with van der Waals surface area (Å²) in [6.07, 6.45) is 2.25. The third-order valence-corrected chi connectivity index (χ3v) is 3.48. The minimum atomic E-state index is -0.543. The Morgan fingerprint density at radius 3 is 2.67 bits per heavy atom. The molecule has 0 heterocycles. The first-order valence-corrected chi connectivity index (χ1v) is 5.61. The molecule has 3 N–H and O–H groups in total. The monoisotopic (exact) mass is 214 g/mol. The van der Waals surface area contributed by atoms with Crippen molar-refractivity contribution in [1.29, 1.82) is 0 Å². The van der Waals surface area contributed by atoms with Crippen LogP contribution < -0.4 is 11.1 Å². The average molecular weight is 214 g/mol. The van der Waals surface area contributed by atoms with E-state index in [0.717, 1.165) is 6.42 Å². The Balaban J connectivity index is 2.38. The Hall–Kier alpha value is -0.610. The standard InChI is InChI=1S/C11H22N2O2/c1-7-4-5-10(8(7)2)13-11(14)9(12)6-15-3/h7-10H,4-6,12H2,1-3H3,(H,13,14). The number of ether oxygens (including phenoxy) is 1. The highest BCUT2D eigenvalue weighted by Crippen LogP contribution is 2.30. The lowest BCUT2D eigenvalue weighted by Gasteiger charge is -2.21. The van der Waals surface area contributed by atoms with E-state index >= 15 is 0 Å². The average Bonchev–Trinajstić information content (AvgIpc) is 2.50. The Morgan fingerprint density at radius 1 is 1.53 bits per heavy atom. The van der Waals surface area contributed by atoms with Gasteiger partial charge >= 0.3 is 0 Å². The molecule has 4 unspecified atom stereocenters. The molecule has 0 aliphatic heterocycles. The van der Waals surface area contributed by atoms with E-state index in [1.807, 2.05) is 0 Å². The van der Waals surface area contributed by atoms with Gasteiger partial charge < -0.3 is 15.8 Å². The summed E-state index contributed by atoms with van der Waals surface area (Å²) in [6, 6.07) is -0.256. The van der Waals surface area contributed by atoms with Crippen LogP contribution in [0.1, 0.15) is 26.7 Å². The van der Waals surface area contributed by atoms with Crippen LogP contribution in [0.3, 0.4) is 0 Å². The number of carbonyl (C=O) groups excluding carboxylic acids is 1. The van der Waals surface area contributed by atoms with E-state index in [1.165, 1.54) is 6.42 Å². The van der Waals surface area contributed by atoms with Crippen LogP contribution in [0.25, 0.3) is 0 Å². The van der Waals surface area contributed by atoms with Crippen LogP contribution in [-0.4, -0.2) is 31.7 Å². The largest absolute Gasteiger partial charge is 0.383 e. The van der Waals surface area contributed by atoms with Gasteiger partial charge in [0.1, 0.15) is 6.04 Å². The highest BCUT2D eigenvalue weighted by Gasteiger charge is 2.31. The molecule has 1 rings (SSSR count). The maximum Gasteiger partial charge on any atom is 0.239 e. The number of amides is 1. The van der Waals surface area contributed by atoms with Gasteiger partial charge in [0, 0.05) is 13.2 Å². The van der Waals surface area contributed by atoms with Gasteiger partial charge in [0.15, 0.2) is 0 Å². The van der Waals surface area contributed by atoms with Crippen molar-refractivity contribution in [3.05, 3.63) is 0 Å². The molecule has 1 amide bonds. The van der Waals surface area contributed by atoms with E-state index in [1.54, 1.807) is 7.11 Å². The summed E-state index contributed by atoms with van der Waals surface area (Å²) in [5.74, 6) is 1.14. The van der Waals surface area contributed by atoms with Crippen molar-refractivity contribution < 1.29 is 9.53 Å². The molecular formula is C11H22N2O2. The molecule has 0 saturated heterocycles. The molecule has 15 heavy (non-hydrogen) atoms. The minimum absolute atomic E-state index is 0.0946. The van der Waals surface area contributed by atoms with Crippen molar-refractivity contribution in [2.75, 3.05) is 13.7 Å². The smallest absolute Gasteiger partial charge is 0.239 e. The van der Waals surface area contributed by atoms with Crippen molar-refractivity contribution in [1.82, 2.24) is 5.32 Å². The second kappa shape index (κ2) is 5.47. The molecule has 0 aromatic carbocycles. The lowest BCUT2D eigenvalue weighted by molar-refractivity contribution is -0.124. The SMILES string of the molecule is COCC(N)C(=O)NC1CCC(C)C1C. The first-order chi connectivity index (χ1) is 7.06. The number of nitrogens with one attached hydrogen (secondary N) is 1. The van der Waals surface area contributed by atoms with Crippen molar-refractivity contribution in [2.24, 2.45) is 17.6 Å². The molecule has 0 bridgehead atoms. The molecule has 1 fully saturated rings. The second-order valence-electron chi connectivity index (χ2n) is 4.59. The maximum absolute atomic E-state index is 11.6. The summed E-state index contributed by atoms with van der Waals surface area (Å²) < 4.78 is 4.85. The van der Waals surface area contributed by atoms with Crippen molar-refractivity contribution >= 4 is 5.91 Å². The third-order valence-electron chi connectivity index (χ3n) is 3.48. The van der Waals surface area contributed by atoms with Gasteiger partial charge in [-0.05, 0) is 24.7 Å². The number of rotatable bonds is 4. The van der Waals surface area contributed by atoms with Crippen LogP contribution in [0.5, 0.6) is 0 Å². The normalized spacial score (nSPS) is 32.7. The molecule has 88 valence electrons. The maximum atomic E-state index is 11.6. The molecule has 1 saturated carbocycles. The zero-order valence-electron chi connectivity index (χ0n) is 9.82. The molecule has 4 nitrogen and oxygen atoms in total. The fourth-order valence-corrected chi connectivity index (χ4v) is 2.11. The van der Waals surface area contributed by atoms with E-state index in [-0.39, 0.29) is 18.6 Å². The number of carbonyl (C=O) groups is 1. The summed E-state index contributed by atoms with van der Waals surface area (Å²) in [5.41, 5.74) is 5.65. The Labute approximate surface area is 91.5 Å². The van der Waals surface area contributed by atoms with Crippen LogP contribution >= 0.6 is 0 Å². The molecule has 0 aromatic rings. The van der Waals surface area contributed by atoms with Gasteiger partial charge in [-0.25, -0.2) is 0 Å². The Bertz CT molecular complexity index is 221. The van der Waals surface area contributed by atoms with Gasteiger partial charge in [-0.3, -0.25) is 4.79 Å². The lowest BCUT2D eigenvalue weighted by atomic mass is 9.97.